The summed E-state index contributed by atoms with van der Waals surface area (Å²) in [5, 5.41) is 4.43. The smallest absolute Gasteiger partial charge is 0.227 e. The summed E-state index contributed by atoms with van der Waals surface area (Å²) in [6.07, 6.45) is 0.291. The molecule has 5 heteroatoms. The number of carbonyl (C=O) groups is 1. The Kier molecular flexibility index (Phi) is 5.28. The minimum absolute atomic E-state index is 0.0229. The molecule has 0 aliphatic heterocycles. The first-order chi connectivity index (χ1) is 11.6. The van der Waals surface area contributed by atoms with Gasteiger partial charge >= 0.3 is 0 Å². The highest BCUT2D eigenvalue weighted by Crippen LogP contribution is 2.29. The Morgan fingerprint density at radius 1 is 1.17 bits per heavy atom. The summed E-state index contributed by atoms with van der Waals surface area (Å²) < 4.78 is 0. The van der Waals surface area contributed by atoms with E-state index in [1.807, 2.05) is 61.5 Å². The lowest BCUT2D eigenvalue weighted by Gasteiger charge is -2.03. The van der Waals surface area contributed by atoms with E-state index >= 15 is 0 Å². The van der Waals surface area contributed by atoms with E-state index in [1.165, 1.54) is 0 Å². The number of hydrogen-bond acceptors (Lipinski definition) is 3. The van der Waals surface area contributed by atoms with Crippen molar-refractivity contribution in [3.8, 4) is 11.3 Å². The molecule has 0 bridgehead atoms. The SMILES string of the molecule is Cc1sc(CC(=O)NCc2ccccc2)nc1-c1cccc(Cl)c1. The first kappa shape index (κ1) is 16.7. The lowest BCUT2D eigenvalue weighted by molar-refractivity contribution is -0.120. The molecular weight excluding hydrogens is 340 g/mol. The van der Waals surface area contributed by atoms with Crippen LogP contribution in [0.1, 0.15) is 15.4 Å². The Morgan fingerprint density at radius 3 is 2.71 bits per heavy atom. The molecule has 0 unspecified atom stereocenters. The maximum Gasteiger partial charge on any atom is 0.227 e. The van der Waals surface area contributed by atoms with Gasteiger partial charge in [-0.1, -0.05) is 54.1 Å². The number of nitrogens with one attached hydrogen (secondary N) is 1. The average Bonchev–Trinajstić information content (AvgIpc) is 2.94. The second kappa shape index (κ2) is 7.60. The molecule has 2 aromatic carbocycles. The van der Waals surface area contributed by atoms with E-state index in [1.54, 1.807) is 11.3 Å². The minimum atomic E-state index is -0.0229. The van der Waals surface area contributed by atoms with Gasteiger partial charge in [0.1, 0.15) is 5.01 Å². The van der Waals surface area contributed by atoms with Crippen LogP contribution in [0.5, 0.6) is 0 Å². The molecule has 0 radical (unpaired) electrons. The molecule has 1 N–H and O–H groups in total. The van der Waals surface area contributed by atoms with Crippen LogP contribution < -0.4 is 5.32 Å². The highest BCUT2D eigenvalue weighted by atomic mass is 35.5. The molecule has 0 aliphatic rings. The zero-order valence-corrected chi connectivity index (χ0v) is 14.8. The summed E-state index contributed by atoms with van der Waals surface area (Å²) in [7, 11) is 0. The highest BCUT2D eigenvalue weighted by molar-refractivity contribution is 7.12. The third kappa shape index (κ3) is 4.22. The average molecular weight is 357 g/mol. The molecule has 0 aliphatic carbocycles. The van der Waals surface area contributed by atoms with E-state index in [0.717, 1.165) is 26.7 Å². The van der Waals surface area contributed by atoms with Gasteiger partial charge in [0, 0.05) is 22.0 Å². The molecule has 0 fully saturated rings. The van der Waals surface area contributed by atoms with Crippen LogP contribution in [0, 0.1) is 6.92 Å². The Morgan fingerprint density at radius 2 is 1.96 bits per heavy atom. The van der Waals surface area contributed by atoms with Crippen LogP contribution in [0.4, 0.5) is 0 Å². The number of carbonyl (C=O) groups excluding carboxylic acids is 1. The fraction of sp³-hybridized carbons (Fsp3) is 0.158. The van der Waals surface area contributed by atoms with Crippen LogP contribution >= 0.6 is 22.9 Å². The van der Waals surface area contributed by atoms with E-state index in [9.17, 15) is 4.79 Å². The monoisotopic (exact) mass is 356 g/mol. The maximum absolute atomic E-state index is 12.1. The van der Waals surface area contributed by atoms with E-state index < -0.39 is 0 Å². The van der Waals surface area contributed by atoms with Crippen LogP contribution in [-0.2, 0) is 17.8 Å². The third-order valence-corrected chi connectivity index (χ3v) is 4.79. The lowest BCUT2D eigenvalue weighted by Crippen LogP contribution is -2.24. The van der Waals surface area contributed by atoms with Gasteiger partial charge in [0.15, 0.2) is 0 Å². The van der Waals surface area contributed by atoms with E-state index in [-0.39, 0.29) is 5.91 Å². The molecular formula is C19H17ClN2OS. The van der Waals surface area contributed by atoms with Gasteiger partial charge in [-0.2, -0.15) is 0 Å². The zero-order valence-electron chi connectivity index (χ0n) is 13.3. The molecule has 3 aromatic rings. The topological polar surface area (TPSA) is 42.0 Å². The summed E-state index contributed by atoms with van der Waals surface area (Å²) in [6, 6.07) is 17.5. The van der Waals surface area contributed by atoms with Crippen molar-refractivity contribution >= 4 is 28.8 Å². The second-order valence-electron chi connectivity index (χ2n) is 5.46. The normalized spacial score (nSPS) is 10.6. The summed E-state index contributed by atoms with van der Waals surface area (Å²) >= 11 is 7.60. The van der Waals surface area contributed by atoms with Crippen LogP contribution in [0.2, 0.25) is 5.02 Å². The quantitative estimate of drug-likeness (QED) is 0.724. The number of thiazole rings is 1. The fourth-order valence-electron chi connectivity index (χ4n) is 2.43. The molecule has 1 heterocycles. The molecule has 3 rings (SSSR count). The second-order valence-corrected chi connectivity index (χ2v) is 7.19. The van der Waals surface area contributed by atoms with Gasteiger partial charge in [-0.05, 0) is 24.6 Å². The van der Waals surface area contributed by atoms with E-state index in [0.29, 0.717) is 18.0 Å². The molecule has 0 atom stereocenters. The van der Waals surface area contributed by atoms with Gasteiger partial charge in [0.05, 0.1) is 12.1 Å². The van der Waals surface area contributed by atoms with Crippen molar-refractivity contribution in [2.24, 2.45) is 0 Å². The molecule has 0 spiro atoms. The Labute approximate surface area is 150 Å². The number of nitrogens with zero attached hydrogens (tertiary/aromatic N) is 1. The number of benzene rings is 2. The Hall–Kier alpha value is -2.17. The summed E-state index contributed by atoms with van der Waals surface area (Å²) in [5.41, 5.74) is 2.96. The van der Waals surface area contributed by atoms with Crippen molar-refractivity contribution in [3.63, 3.8) is 0 Å². The van der Waals surface area contributed by atoms with Crippen LogP contribution in [0.25, 0.3) is 11.3 Å². The van der Waals surface area contributed by atoms with Gasteiger partial charge in [0.2, 0.25) is 5.91 Å². The standard InChI is InChI=1S/C19H17ClN2OS/c1-13-19(15-8-5-9-16(20)10-15)22-18(24-13)11-17(23)21-12-14-6-3-2-4-7-14/h2-10H,11-12H2,1H3,(H,21,23). The zero-order chi connectivity index (χ0) is 16.9. The first-order valence-electron chi connectivity index (χ1n) is 7.64. The van der Waals surface area contributed by atoms with E-state index in [4.69, 9.17) is 11.6 Å². The van der Waals surface area contributed by atoms with Gasteiger partial charge in [-0.25, -0.2) is 4.98 Å². The van der Waals surface area contributed by atoms with Gasteiger partial charge < -0.3 is 5.32 Å². The fourth-order valence-corrected chi connectivity index (χ4v) is 3.57. The van der Waals surface area contributed by atoms with Crippen LogP contribution in [-0.4, -0.2) is 10.9 Å². The van der Waals surface area contributed by atoms with Gasteiger partial charge in [0.25, 0.3) is 0 Å². The number of amides is 1. The molecule has 24 heavy (non-hydrogen) atoms. The minimum Gasteiger partial charge on any atom is -0.352 e. The lowest BCUT2D eigenvalue weighted by atomic mass is 10.1. The number of rotatable bonds is 5. The maximum atomic E-state index is 12.1. The largest absolute Gasteiger partial charge is 0.352 e. The van der Waals surface area contributed by atoms with Crippen molar-refractivity contribution < 1.29 is 4.79 Å². The van der Waals surface area contributed by atoms with Crippen molar-refractivity contribution in [2.75, 3.05) is 0 Å². The van der Waals surface area contributed by atoms with Crippen molar-refractivity contribution in [3.05, 3.63) is 75.1 Å². The first-order valence-corrected chi connectivity index (χ1v) is 8.84. The molecule has 0 saturated heterocycles. The Bertz CT molecular complexity index is 846. The summed E-state index contributed by atoms with van der Waals surface area (Å²) in [5.74, 6) is -0.0229. The van der Waals surface area contributed by atoms with Gasteiger partial charge in [-0.3, -0.25) is 4.79 Å². The van der Waals surface area contributed by atoms with Crippen molar-refractivity contribution in [1.82, 2.24) is 10.3 Å². The van der Waals surface area contributed by atoms with Gasteiger partial charge in [-0.15, -0.1) is 11.3 Å². The number of halogens is 1. The predicted octanol–water partition coefficient (Wildman–Crippen LogP) is 4.63. The molecule has 122 valence electrons. The number of aryl methyl sites for hydroxylation is 1. The van der Waals surface area contributed by atoms with Crippen molar-refractivity contribution in [2.45, 2.75) is 19.9 Å². The summed E-state index contributed by atoms with van der Waals surface area (Å²) in [6.45, 7) is 2.55. The molecule has 1 aromatic heterocycles. The summed E-state index contributed by atoms with van der Waals surface area (Å²) in [4.78, 5) is 17.8. The predicted molar refractivity (Wildman–Crippen MR) is 99.3 cm³/mol. The molecule has 1 amide bonds. The van der Waals surface area contributed by atoms with Crippen molar-refractivity contribution in [1.29, 1.82) is 0 Å². The highest BCUT2D eigenvalue weighted by Gasteiger charge is 2.13. The van der Waals surface area contributed by atoms with Crippen LogP contribution in [0.3, 0.4) is 0 Å². The number of hydrogen-bond donors (Lipinski definition) is 1. The van der Waals surface area contributed by atoms with Crippen LogP contribution in [0.15, 0.2) is 54.6 Å². The number of aromatic nitrogens is 1. The molecule has 0 saturated carbocycles. The Balaban J connectivity index is 1.65. The third-order valence-electron chi connectivity index (χ3n) is 3.58. The molecule has 3 nitrogen and oxygen atoms in total. The van der Waals surface area contributed by atoms with E-state index in [2.05, 4.69) is 10.3 Å².